The topological polar surface area (TPSA) is 43.9 Å². The van der Waals surface area contributed by atoms with E-state index >= 15 is 0 Å². The summed E-state index contributed by atoms with van der Waals surface area (Å²) < 4.78 is 39.8. The van der Waals surface area contributed by atoms with Gasteiger partial charge in [-0.1, -0.05) is 12.1 Å². The van der Waals surface area contributed by atoms with E-state index in [0.29, 0.717) is 39.3 Å². The maximum Gasteiger partial charge on any atom is 0.254 e. The third-order valence-electron chi connectivity index (χ3n) is 5.18. The number of nitrogens with zero attached hydrogens (tertiary/aromatic N) is 3. The van der Waals surface area contributed by atoms with Crippen molar-refractivity contribution in [2.75, 3.05) is 39.3 Å². The van der Waals surface area contributed by atoms with Crippen LogP contribution in [-0.2, 0) is 11.3 Å². The number of halogens is 3. The van der Waals surface area contributed by atoms with Crippen molar-refractivity contribution in [2.24, 2.45) is 0 Å². The van der Waals surface area contributed by atoms with Gasteiger partial charge in [0.05, 0.1) is 6.54 Å². The first-order valence-corrected chi connectivity index (χ1v) is 9.86. The molecule has 1 fully saturated rings. The van der Waals surface area contributed by atoms with E-state index in [-0.39, 0.29) is 29.7 Å². The summed E-state index contributed by atoms with van der Waals surface area (Å²) in [5.41, 5.74) is 0.831. The number of rotatable bonds is 6. The average Bonchev–Trinajstić information content (AvgIpc) is 2.74. The van der Waals surface area contributed by atoms with Crippen LogP contribution in [0, 0.1) is 17.5 Å². The van der Waals surface area contributed by atoms with Crippen molar-refractivity contribution in [1.29, 1.82) is 0 Å². The van der Waals surface area contributed by atoms with Crippen molar-refractivity contribution < 1.29 is 22.8 Å². The molecule has 0 radical (unpaired) electrons. The normalized spacial score (nSPS) is 14.6. The minimum atomic E-state index is -1.05. The quantitative estimate of drug-likeness (QED) is 0.723. The van der Waals surface area contributed by atoms with Gasteiger partial charge in [0.15, 0.2) is 11.6 Å². The van der Waals surface area contributed by atoms with E-state index in [4.69, 9.17) is 0 Å². The number of piperazine rings is 1. The van der Waals surface area contributed by atoms with Crippen molar-refractivity contribution >= 4 is 11.8 Å². The molecule has 1 heterocycles. The molecule has 160 valence electrons. The lowest BCUT2D eigenvalue weighted by Crippen LogP contribution is -2.51. The first-order valence-electron chi connectivity index (χ1n) is 9.86. The second-order valence-corrected chi connectivity index (χ2v) is 7.24. The molecule has 0 spiro atoms. The highest BCUT2D eigenvalue weighted by Crippen LogP contribution is 2.14. The Balaban J connectivity index is 1.52. The summed E-state index contributed by atoms with van der Waals surface area (Å²) in [5.74, 6) is -2.81. The Hall–Kier alpha value is -2.87. The Kier molecular flexibility index (Phi) is 7.10. The average molecular weight is 419 g/mol. The van der Waals surface area contributed by atoms with Crippen LogP contribution in [0.5, 0.6) is 0 Å². The zero-order chi connectivity index (χ0) is 21.7. The SMILES string of the molecule is CCN(Cc1cccc(F)c1)C(=O)CN1CCN(C(=O)c2ccc(F)c(F)c2)CC1. The number of benzene rings is 2. The maximum absolute atomic E-state index is 13.4. The molecule has 1 aliphatic heterocycles. The van der Waals surface area contributed by atoms with E-state index in [1.807, 2.05) is 11.8 Å². The van der Waals surface area contributed by atoms with Gasteiger partial charge < -0.3 is 9.80 Å². The van der Waals surface area contributed by atoms with E-state index in [1.54, 1.807) is 21.9 Å². The lowest BCUT2D eigenvalue weighted by molar-refractivity contribution is -0.133. The van der Waals surface area contributed by atoms with Crippen molar-refractivity contribution in [3.8, 4) is 0 Å². The summed E-state index contributed by atoms with van der Waals surface area (Å²) in [6.07, 6.45) is 0. The van der Waals surface area contributed by atoms with Gasteiger partial charge in [-0.3, -0.25) is 14.5 Å². The zero-order valence-corrected chi connectivity index (χ0v) is 16.8. The van der Waals surface area contributed by atoms with E-state index in [2.05, 4.69) is 0 Å². The van der Waals surface area contributed by atoms with Crippen molar-refractivity contribution in [2.45, 2.75) is 13.5 Å². The van der Waals surface area contributed by atoms with Gasteiger partial charge in [-0.15, -0.1) is 0 Å². The van der Waals surface area contributed by atoms with Crippen molar-refractivity contribution in [3.63, 3.8) is 0 Å². The fourth-order valence-corrected chi connectivity index (χ4v) is 3.44. The van der Waals surface area contributed by atoms with E-state index < -0.39 is 11.6 Å². The molecule has 0 N–H and O–H groups in total. The molecule has 0 atom stereocenters. The third-order valence-corrected chi connectivity index (χ3v) is 5.18. The predicted molar refractivity (Wildman–Crippen MR) is 106 cm³/mol. The number of hydrogen-bond acceptors (Lipinski definition) is 3. The van der Waals surface area contributed by atoms with Gasteiger partial charge >= 0.3 is 0 Å². The molecule has 2 amide bonds. The molecule has 0 aliphatic carbocycles. The van der Waals surface area contributed by atoms with E-state index in [1.165, 1.54) is 18.2 Å². The maximum atomic E-state index is 13.4. The third kappa shape index (κ3) is 5.38. The van der Waals surface area contributed by atoms with Crippen molar-refractivity contribution in [3.05, 3.63) is 71.0 Å². The zero-order valence-electron chi connectivity index (χ0n) is 16.8. The first kappa shape index (κ1) is 21.8. The summed E-state index contributed by atoms with van der Waals surface area (Å²) in [4.78, 5) is 30.3. The van der Waals surface area contributed by atoms with Crippen LogP contribution in [-0.4, -0.2) is 65.8 Å². The first-order chi connectivity index (χ1) is 14.4. The van der Waals surface area contributed by atoms with Crippen LogP contribution in [0.25, 0.3) is 0 Å². The predicted octanol–water partition coefficient (Wildman–Crippen LogP) is 2.91. The number of carbonyl (C=O) groups is 2. The molecule has 0 unspecified atom stereocenters. The molecule has 3 rings (SSSR count). The van der Waals surface area contributed by atoms with Crippen LogP contribution < -0.4 is 0 Å². The van der Waals surface area contributed by atoms with Crippen molar-refractivity contribution in [1.82, 2.24) is 14.7 Å². The van der Waals surface area contributed by atoms with Crippen LogP contribution in [0.4, 0.5) is 13.2 Å². The Bertz CT molecular complexity index is 914. The second kappa shape index (κ2) is 9.75. The number of carbonyl (C=O) groups excluding carboxylic acids is 2. The van der Waals surface area contributed by atoms with E-state index in [0.717, 1.165) is 17.7 Å². The molecule has 0 aromatic heterocycles. The molecule has 5 nitrogen and oxygen atoms in total. The van der Waals surface area contributed by atoms with Crippen LogP contribution >= 0.6 is 0 Å². The van der Waals surface area contributed by atoms with Gasteiger partial charge in [0.25, 0.3) is 5.91 Å². The van der Waals surface area contributed by atoms with Crippen LogP contribution in [0.1, 0.15) is 22.8 Å². The molecule has 30 heavy (non-hydrogen) atoms. The minimum Gasteiger partial charge on any atom is -0.338 e. The van der Waals surface area contributed by atoms with Crippen LogP contribution in [0.2, 0.25) is 0 Å². The number of hydrogen-bond donors (Lipinski definition) is 0. The molecular formula is C22H24F3N3O2. The second-order valence-electron chi connectivity index (χ2n) is 7.24. The number of likely N-dealkylation sites (N-methyl/N-ethyl adjacent to an activating group) is 1. The molecular weight excluding hydrogens is 395 g/mol. The van der Waals surface area contributed by atoms with Gasteiger partial charge in [0.1, 0.15) is 5.82 Å². The summed E-state index contributed by atoms with van der Waals surface area (Å²) in [7, 11) is 0. The highest BCUT2D eigenvalue weighted by Gasteiger charge is 2.25. The van der Waals surface area contributed by atoms with E-state index in [9.17, 15) is 22.8 Å². The Morgan fingerprint density at radius 2 is 1.70 bits per heavy atom. The minimum absolute atomic E-state index is 0.0675. The fraction of sp³-hybridized carbons (Fsp3) is 0.364. The Morgan fingerprint density at radius 3 is 2.33 bits per heavy atom. The van der Waals surface area contributed by atoms with Crippen LogP contribution in [0.3, 0.4) is 0 Å². The number of amides is 2. The van der Waals surface area contributed by atoms with Gasteiger partial charge in [-0.05, 0) is 42.8 Å². The largest absolute Gasteiger partial charge is 0.338 e. The summed E-state index contributed by atoms with van der Waals surface area (Å²) >= 11 is 0. The standard InChI is InChI=1S/C22H24F3N3O2/c1-2-27(14-16-4-3-5-18(23)12-16)21(29)15-26-8-10-28(11-9-26)22(30)17-6-7-19(24)20(25)13-17/h3-7,12-13H,2,8-11,14-15H2,1H3. The Morgan fingerprint density at radius 1 is 0.967 bits per heavy atom. The summed E-state index contributed by atoms with van der Waals surface area (Å²) in [6.45, 7) is 4.69. The fourth-order valence-electron chi connectivity index (χ4n) is 3.44. The highest BCUT2D eigenvalue weighted by molar-refractivity contribution is 5.94. The molecule has 0 bridgehead atoms. The highest BCUT2D eigenvalue weighted by atomic mass is 19.2. The molecule has 0 saturated carbocycles. The summed E-state index contributed by atoms with van der Waals surface area (Å²) in [6, 6.07) is 9.28. The summed E-state index contributed by atoms with van der Waals surface area (Å²) in [5, 5.41) is 0. The molecule has 2 aromatic rings. The van der Waals surface area contributed by atoms with Gasteiger partial charge in [-0.2, -0.15) is 0 Å². The molecule has 1 aliphatic rings. The molecule has 1 saturated heterocycles. The van der Waals surface area contributed by atoms with Gasteiger partial charge in [-0.25, -0.2) is 13.2 Å². The lowest BCUT2D eigenvalue weighted by atomic mass is 10.1. The Labute approximate surface area is 173 Å². The smallest absolute Gasteiger partial charge is 0.254 e. The molecule has 8 heteroatoms. The van der Waals surface area contributed by atoms with Crippen LogP contribution in [0.15, 0.2) is 42.5 Å². The van der Waals surface area contributed by atoms with Gasteiger partial charge in [0.2, 0.25) is 5.91 Å². The molecule has 2 aromatic carbocycles. The van der Waals surface area contributed by atoms with Gasteiger partial charge in [0, 0.05) is 44.8 Å². The monoisotopic (exact) mass is 419 g/mol. The lowest BCUT2D eigenvalue weighted by Gasteiger charge is -2.35.